The number of aliphatic hydroxyl groups excluding tert-OH is 1. The molecule has 0 aliphatic heterocycles. The molecule has 0 bridgehead atoms. The molecule has 1 amide bonds. The normalized spacial score (nSPS) is 17.0. The summed E-state index contributed by atoms with van der Waals surface area (Å²) in [5.74, 6) is 0.0531. The van der Waals surface area contributed by atoms with Gasteiger partial charge in [-0.15, -0.1) is 0 Å². The Hall–Kier alpha value is -1.33. The number of carbonyl (C=O) groups excluding carboxylic acids is 1. The minimum atomic E-state index is -0.503. The van der Waals surface area contributed by atoms with Gasteiger partial charge in [-0.25, -0.2) is 4.98 Å². The maximum absolute atomic E-state index is 12.3. The van der Waals surface area contributed by atoms with Gasteiger partial charge in [-0.1, -0.05) is 24.4 Å². The molecule has 0 aromatic carbocycles. The summed E-state index contributed by atoms with van der Waals surface area (Å²) in [5, 5.41) is 12.8. The van der Waals surface area contributed by atoms with E-state index < -0.39 is 5.54 Å². The van der Waals surface area contributed by atoms with Crippen molar-refractivity contribution in [2.75, 3.05) is 6.61 Å². The number of carbonyl (C=O) groups is 1. The van der Waals surface area contributed by atoms with Gasteiger partial charge in [-0.05, 0) is 32.8 Å². The summed E-state index contributed by atoms with van der Waals surface area (Å²) >= 11 is 6.09. The first-order chi connectivity index (χ1) is 9.96. The average molecular weight is 313 g/mol. The van der Waals surface area contributed by atoms with Gasteiger partial charge >= 0.3 is 0 Å². The third-order valence-corrected chi connectivity index (χ3v) is 3.93. The number of hydrogen-bond acceptors (Lipinski definition) is 4. The summed E-state index contributed by atoms with van der Waals surface area (Å²) in [7, 11) is 0. The van der Waals surface area contributed by atoms with Crippen molar-refractivity contribution >= 4 is 17.5 Å². The summed E-state index contributed by atoms with van der Waals surface area (Å²) < 4.78 is 5.44. The van der Waals surface area contributed by atoms with Gasteiger partial charge in [0.15, 0.2) is 0 Å². The van der Waals surface area contributed by atoms with E-state index in [1.807, 2.05) is 13.8 Å². The Morgan fingerprint density at radius 2 is 2.19 bits per heavy atom. The molecule has 0 spiro atoms. The van der Waals surface area contributed by atoms with Crippen molar-refractivity contribution in [3.05, 3.63) is 22.8 Å². The molecule has 116 valence electrons. The van der Waals surface area contributed by atoms with Gasteiger partial charge in [0.1, 0.15) is 5.02 Å². The molecular formula is C15H21ClN2O3. The lowest BCUT2D eigenvalue weighted by atomic mass is 9.98. The quantitative estimate of drug-likeness (QED) is 0.876. The zero-order chi connectivity index (χ0) is 15.5. The molecule has 2 N–H and O–H groups in total. The van der Waals surface area contributed by atoms with E-state index in [9.17, 15) is 9.90 Å². The fraction of sp³-hybridized carbons (Fsp3) is 0.600. The van der Waals surface area contributed by atoms with E-state index in [1.165, 1.54) is 6.20 Å². The summed E-state index contributed by atoms with van der Waals surface area (Å²) in [6.45, 7) is 3.71. The van der Waals surface area contributed by atoms with Crippen LogP contribution in [-0.4, -0.2) is 34.2 Å². The van der Waals surface area contributed by atoms with Crippen LogP contribution in [0.5, 0.6) is 5.88 Å². The van der Waals surface area contributed by atoms with E-state index in [2.05, 4.69) is 10.3 Å². The number of hydrogen-bond donors (Lipinski definition) is 2. The number of nitrogens with zero attached hydrogens (tertiary/aromatic N) is 1. The first-order valence-corrected chi connectivity index (χ1v) is 7.59. The van der Waals surface area contributed by atoms with Gasteiger partial charge in [0.25, 0.3) is 5.91 Å². The lowest BCUT2D eigenvalue weighted by molar-refractivity contribution is 0.0838. The minimum absolute atomic E-state index is 0.0363. The van der Waals surface area contributed by atoms with Crippen LogP contribution in [0.2, 0.25) is 5.02 Å². The van der Waals surface area contributed by atoms with Crippen molar-refractivity contribution in [2.24, 2.45) is 0 Å². The van der Waals surface area contributed by atoms with Gasteiger partial charge in [-0.2, -0.15) is 0 Å². The molecule has 21 heavy (non-hydrogen) atoms. The Morgan fingerprint density at radius 1 is 1.52 bits per heavy atom. The Kier molecular flexibility index (Phi) is 5.06. The van der Waals surface area contributed by atoms with Gasteiger partial charge in [0.05, 0.1) is 23.8 Å². The molecular weight excluding hydrogens is 292 g/mol. The molecule has 6 heteroatoms. The number of aromatic nitrogens is 1. The second-order valence-corrected chi connectivity index (χ2v) is 6.18. The van der Waals surface area contributed by atoms with Crippen molar-refractivity contribution in [2.45, 2.75) is 51.2 Å². The monoisotopic (exact) mass is 312 g/mol. The van der Waals surface area contributed by atoms with Crippen molar-refractivity contribution in [1.29, 1.82) is 0 Å². The van der Waals surface area contributed by atoms with Crippen LogP contribution in [0.3, 0.4) is 0 Å². The Labute approximate surface area is 129 Å². The molecule has 1 saturated carbocycles. The van der Waals surface area contributed by atoms with Crippen LogP contribution in [0, 0.1) is 0 Å². The molecule has 0 atom stereocenters. The van der Waals surface area contributed by atoms with Gasteiger partial charge < -0.3 is 15.2 Å². The van der Waals surface area contributed by atoms with Crippen molar-refractivity contribution < 1.29 is 14.6 Å². The van der Waals surface area contributed by atoms with Gasteiger partial charge in [-0.3, -0.25) is 4.79 Å². The van der Waals surface area contributed by atoms with E-state index >= 15 is 0 Å². The fourth-order valence-corrected chi connectivity index (χ4v) is 2.76. The van der Waals surface area contributed by atoms with Crippen LogP contribution < -0.4 is 10.1 Å². The predicted octanol–water partition coefficient (Wildman–Crippen LogP) is 2.56. The molecule has 5 nitrogen and oxygen atoms in total. The zero-order valence-corrected chi connectivity index (χ0v) is 13.1. The highest BCUT2D eigenvalue weighted by molar-refractivity contribution is 6.32. The standard InChI is InChI=1S/C15H21ClN2O3/c1-10(2)21-14-12(16)7-11(8-17-14)13(20)18-15(9-19)5-3-4-6-15/h7-8,10,19H,3-6,9H2,1-2H3,(H,18,20). The lowest BCUT2D eigenvalue weighted by Crippen LogP contribution is -2.49. The number of nitrogens with one attached hydrogen (secondary N) is 1. The molecule has 1 aromatic rings. The molecule has 1 aliphatic carbocycles. The number of ether oxygens (including phenoxy) is 1. The minimum Gasteiger partial charge on any atom is -0.474 e. The Morgan fingerprint density at radius 3 is 2.71 bits per heavy atom. The lowest BCUT2D eigenvalue weighted by Gasteiger charge is -2.28. The smallest absolute Gasteiger partial charge is 0.253 e. The molecule has 0 saturated heterocycles. The highest BCUT2D eigenvalue weighted by Gasteiger charge is 2.35. The van der Waals surface area contributed by atoms with Crippen molar-refractivity contribution in [3.63, 3.8) is 0 Å². The second kappa shape index (κ2) is 6.62. The largest absolute Gasteiger partial charge is 0.474 e. The van der Waals surface area contributed by atoms with Crippen LogP contribution in [0.15, 0.2) is 12.3 Å². The summed E-state index contributed by atoms with van der Waals surface area (Å²) in [6, 6.07) is 1.54. The van der Waals surface area contributed by atoms with Crippen LogP contribution in [0.4, 0.5) is 0 Å². The first-order valence-electron chi connectivity index (χ1n) is 7.21. The second-order valence-electron chi connectivity index (χ2n) is 5.78. The third-order valence-electron chi connectivity index (χ3n) is 3.66. The molecule has 1 fully saturated rings. The SMILES string of the molecule is CC(C)Oc1ncc(C(=O)NC2(CO)CCCC2)cc1Cl. The maximum Gasteiger partial charge on any atom is 0.253 e. The molecule has 1 aliphatic rings. The van der Waals surface area contributed by atoms with E-state index in [4.69, 9.17) is 16.3 Å². The Bertz CT molecular complexity index is 514. The van der Waals surface area contributed by atoms with Crippen LogP contribution in [0.1, 0.15) is 49.9 Å². The molecule has 2 rings (SSSR count). The summed E-state index contributed by atoms with van der Waals surface area (Å²) in [5.41, 5.74) is -0.132. The number of rotatable bonds is 5. The molecule has 0 unspecified atom stereocenters. The van der Waals surface area contributed by atoms with Crippen LogP contribution in [0.25, 0.3) is 0 Å². The van der Waals surface area contributed by atoms with Crippen molar-refractivity contribution in [3.8, 4) is 5.88 Å². The van der Waals surface area contributed by atoms with Gasteiger partial charge in [0.2, 0.25) is 5.88 Å². The number of amides is 1. The molecule has 1 heterocycles. The maximum atomic E-state index is 12.3. The highest BCUT2D eigenvalue weighted by Crippen LogP contribution is 2.30. The van der Waals surface area contributed by atoms with E-state index in [0.29, 0.717) is 16.5 Å². The van der Waals surface area contributed by atoms with Crippen molar-refractivity contribution in [1.82, 2.24) is 10.3 Å². The summed E-state index contributed by atoms with van der Waals surface area (Å²) in [4.78, 5) is 16.4. The molecule has 1 aromatic heterocycles. The van der Waals surface area contributed by atoms with Crippen LogP contribution >= 0.6 is 11.6 Å². The molecule has 0 radical (unpaired) electrons. The van der Waals surface area contributed by atoms with E-state index in [-0.39, 0.29) is 18.6 Å². The average Bonchev–Trinajstić information content (AvgIpc) is 2.89. The van der Waals surface area contributed by atoms with Gasteiger partial charge in [0, 0.05) is 6.20 Å². The van der Waals surface area contributed by atoms with E-state index in [1.54, 1.807) is 6.07 Å². The van der Waals surface area contributed by atoms with Crippen LogP contribution in [-0.2, 0) is 0 Å². The zero-order valence-electron chi connectivity index (χ0n) is 12.4. The Balaban J connectivity index is 2.11. The third kappa shape index (κ3) is 3.86. The number of halogens is 1. The van der Waals surface area contributed by atoms with E-state index in [0.717, 1.165) is 25.7 Å². The number of pyridine rings is 1. The summed E-state index contributed by atoms with van der Waals surface area (Å²) in [6.07, 6.45) is 5.03. The fourth-order valence-electron chi connectivity index (χ4n) is 2.55. The first kappa shape index (κ1) is 16.0. The number of aliphatic hydroxyl groups is 1. The predicted molar refractivity (Wildman–Crippen MR) is 80.8 cm³/mol. The topological polar surface area (TPSA) is 71.5 Å². The highest BCUT2D eigenvalue weighted by atomic mass is 35.5.